The molecule has 0 aliphatic heterocycles. The van der Waals surface area contributed by atoms with Gasteiger partial charge in [-0.05, 0) is 51.1 Å². The summed E-state index contributed by atoms with van der Waals surface area (Å²) in [5.74, 6) is 7.34. The predicted octanol–water partition coefficient (Wildman–Crippen LogP) is 5.42. The lowest BCUT2D eigenvalue weighted by molar-refractivity contribution is 0.401. The number of hydrogen-bond donors (Lipinski definition) is 0. The third-order valence-electron chi connectivity index (χ3n) is 3.34. The Balaban J connectivity index is 1.89. The highest BCUT2D eigenvalue weighted by atomic mass is 35.5. The molecule has 0 radical (unpaired) electrons. The van der Waals surface area contributed by atoms with Crippen molar-refractivity contribution in [1.29, 1.82) is 0 Å². The van der Waals surface area contributed by atoms with Crippen molar-refractivity contribution >= 4 is 22.9 Å². The van der Waals surface area contributed by atoms with Crippen molar-refractivity contribution in [3.05, 3.63) is 64.3 Å². The molecule has 2 nitrogen and oxygen atoms in total. The van der Waals surface area contributed by atoms with E-state index in [9.17, 15) is 0 Å². The Morgan fingerprint density at radius 1 is 1.13 bits per heavy atom. The molecule has 0 bridgehead atoms. The van der Waals surface area contributed by atoms with Crippen LogP contribution in [0.5, 0.6) is 0 Å². The molecular formula is C19H17ClN2S. The molecule has 0 fully saturated rings. The van der Waals surface area contributed by atoms with Crippen LogP contribution in [0.2, 0.25) is 5.02 Å². The van der Waals surface area contributed by atoms with Gasteiger partial charge in [-0.2, -0.15) is 0 Å². The van der Waals surface area contributed by atoms with E-state index in [0.29, 0.717) is 5.02 Å². The van der Waals surface area contributed by atoms with Crippen LogP contribution in [0.15, 0.2) is 48.8 Å². The van der Waals surface area contributed by atoms with Crippen LogP contribution in [0.4, 0.5) is 0 Å². The number of aromatic nitrogens is 2. The molecule has 3 rings (SSSR count). The minimum Gasteiger partial charge on any atom is -0.325 e. The third kappa shape index (κ3) is 3.67. The van der Waals surface area contributed by atoms with Crippen molar-refractivity contribution in [3.8, 4) is 22.5 Å². The molecule has 0 spiro atoms. The van der Waals surface area contributed by atoms with Crippen LogP contribution in [0.25, 0.3) is 10.7 Å². The molecule has 2 heterocycles. The van der Waals surface area contributed by atoms with E-state index < -0.39 is 0 Å². The number of hydrogen-bond acceptors (Lipinski definition) is 2. The van der Waals surface area contributed by atoms with Crippen molar-refractivity contribution in [2.75, 3.05) is 0 Å². The first-order valence-electron chi connectivity index (χ1n) is 7.35. The molecule has 0 saturated carbocycles. The van der Waals surface area contributed by atoms with Crippen molar-refractivity contribution in [1.82, 2.24) is 9.55 Å². The third-order valence-corrected chi connectivity index (χ3v) is 4.58. The highest BCUT2D eigenvalue weighted by Gasteiger charge is 2.18. The van der Waals surface area contributed by atoms with E-state index in [0.717, 1.165) is 21.1 Å². The Labute approximate surface area is 145 Å². The zero-order chi connectivity index (χ0) is 16.4. The van der Waals surface area contributed by atoms with Crippen LogP contribution in [-0.2, 0) is 5.54 Å². The molecular weight excluding hydrogens is 324 g/mol. The Kier molecular flexibility index (Phi) is 4.30. The minimum atomic E-state index is 0.00243. The van der Waals surface area contributed by atoms with Gasteiger partial charge in [0, 0.05) is 28.5 Å². The topological polar surface area (TPSA) is 17.8 Å². The predicted molar refractivity (Wildman–Crippen MR) is 98.0 cm³/mol. The molecule has 0 N–H and O–H groups in total. The summed E-state index contributed by atoms with van der Waals surface area (Å²) < 4.78 is 2.19. The summed E-state index contributed by atoms with van der Waals surface area (Å²) in [6.45, 7) is 6.52. The lowest BCUT2D eigenvalue weighted by Gasteiger charge is -2.22. The number of rotatable bonds is 1. The fourth-order valence-electron chi connectivity index (χ4n) is 2.25. The lowest BCUT2D eigenvalue weighted by atomic mass is 10.1. The fraction of sp³-hybridized carbons (Fsp3) is 0.211. The second kappa shape index (κ2) is 6.23. The second-order valence-electron chi connectivity index (χ2n) is 6.22. The molecule has 1 aromatic carbocycles. The molecule has 0 saturated heterocycles. The van der Waals surface area contributed by atoms with E-state index in [-0.39, 0.29) is 5.54 Å². The summed E-state index contributed by atoms with van der Waals surface area (Å²) in [6.07, 6.45) is 3.87. The summed E-state index contributed by atoms with van der Waals surface area (Å²) in [7, 11) is 0. The van der Waals surface area contributed by atoms with E-state index in [2.05, 4.69) is 48.2 Å². The number of halogens is 1. The summed E-state index contributed by atoms with van der Waals surface area (Å²) in [5.41, 5.74) is 0.922. The molecule has 0 aliphatic rings. The Hall–Kier alpha value is -2.02. The quantitative estimate of drug-likeness (QED) is 0.541. The van der Waals surface area contributed by atoms with Gasteiger partial charge in [0.1, 0.15) is 0 Å². The summed E-state index contributed by atoms with van der Waals surface area (Å²) in [6, 6.07) is 11.7. The van der Waals surface area contributed by atoms with Crippen LogP contribution in [0.1, 0.15) is 31.2 Å². The normalized spacial score (nSPS) is 11.1. The number of benzene rings is 1. The van der Waals surface area contributed by atoms with Crippen molar-refractivity contribution in [3.63, 3.8) is 0 Å². The average molecular weight is 341 g/mol. The Morgan fingerprint density at radius 2 is 1.96 bits per heavy atom. The van der Waals surface area contributed by atoms with Crippen LogP contribution in [0.3, 0.4) is 0 Å². The van der Waals surface area contributed by atoms with Gasteiger partial charge in [0.25, 0.3) is 0 Å². The van der Waals surface area contributed by atoms with Gasteiger partial charge >= 0.3 is 0 Å². The highest BCUT2D eigenvalue weighted by molar-refractivity contribution is 7.15. The molecule has 116 valence electrons. The van der Waals surface area contributed by atoms with E-state index >= 15 is 0 Å². The maximum atomic E-state index is 5.98. The van der Waals surface area contributed by atoms with E-state index in [1.165, 1.54) is 0 Å². The van der Waals surface area contributed by atoms with Gasteiger partial charge < -0.3 is 4.57 Å². The monoisotopic (exact) mass is 340 g/mol. The van der Waals surface area contributed by atoms with Gasteiger partial charge in [0.2, 0.25) is 0 Å². The second-order valence-corrected chi connectivity index (χ2v) is 7.74. The van der Waals surface area contributed by atoms with Crippen LogP contribution >= 0.6 is 22.9 Å². The molecule has 3 aromatic rings. The van der Waals surface area contributed by atoms with Gasteiger partial charge in [0.05, 0.1) is 9.75 Å². The van der Waals surface area contributed by atoms with Crippen LogP contribution in [-0.4, -0.2) is 9.55 Å². The lowest BCUT2D eigenvalue weighted by Crippen LogP contribution is -2.21. The Bertz CT molecular complexity index is 888. The van der Waals surface area contributed by atoms with Gasteiger partial charge in [-0.15, -0.1) is 11.3 Å². The van der Waals surface area contributed by atoms with Crippen LogP contribution < -0.4 is 0 Å². The molecule has 23 heavy (non-hydrogen) atoms. The van der Waals surface area contributed by atoms with Gasteiger partial charge in [-0.1, -0.05) is 29.5 Å². The summed E-state index contributed by atoms with van der Waals surface area (Å²) >= 11 is 7.64. The average Bonchev–Trinajstić information content (AvgIpc) is 3.13. The zero-order valence-corrected chi connectivity index (χ0v) is 14.9. The zero-order valence-electron chi connectivity index (χ0n) is 13.3. The van der Waals surface area contributed by atoms with Gasteiger partial charge in [-0.3, -0.25) is 0 Å². The molecule has 0 atom stereocenters. The van der Waals surface area contributed by atoms with E-state index in [1.54, 1.807) is 11.3 Å². The van der Waals surface area contributed by atoms with Crippen LogP contribution in [0, 0.1) is 11.8 Å². The van der Waals surface area contributed by atoms with Gasteiger partial charge in [0.15, 0.2) is 5.82 Å². The van der Waals surface area contributed by atoms with Crippen molar-refractivity contribution < 1.29 is 0 Å². The largest absolute Gasteiger partial charge is 0.325 e. The first-order valence-corrected chi connectivity index (χ1v) is 8.54. The summed E-state index contributed by atoms with van der Waals surface area (Å²) in [4.78, 5) is 6.65. The fourth-order valence-corrected chi connectivity index (χ4v) is 3.30. The van der Waals surface area contributed by atoms with E-state index in [1.807, 2.05) is 42.7 Å². The molecule has 0 amide bonds. The maximum Gasteiger partial charge on any atom is 0.150 e. The van der Waals surface area contributed by atoms with Gasteiger partial charge in [-0.25, -0.2) is 4.98 Å². The first kappa shape index (κ1) is 15.9. The highest BCUT2D eigenvalue weighted by Crippen LogP contribution is 2.30. The molecule has 0 aliphatic carbocycles. The first-order chi connectivity index (χ1) is 10.9. The molecule has 2 aromatic heterocycles. The number of imidazole rings is 1. The number of thiophene rings is 1. The minimum absolute atomic E-state index is 0.00243. The van der Waals surface area contributed by atoms with Crippen molar-refractivity contribution in [2.45, 2.75) is 26.3 Å². The Morgan fingerprint density at radius 3 is 2.70 bits per heavy atom. The SMILES string of the molecule is CC(C)(C)n1ccnc1-c1ccc(C#Cc2cccc(Cl)c2)s1. The van der Waals surface area contributed by atoms with Crippen molar-refractivity contribution in [2.24, 2.45) is 0 Å². The molecule has 0 unspecified atom stereocenters. The number of nitrogens with zero attached hydrogens (tertiary/aromatic N) is 2. The maximum absolute atomic E-state index is 5.98. The van der Waals surface area contributed by atoms with E-state index in [4.69, 9.17) is 11.6 Å². The summed E-state index contributed by atoms with van der Waals surface area (Å²) in [5, 5.41) is 0.705. The standard InChI is InChI=1S/C19H17ClN2S/c1-19(2,3)22-12-11-21-18(22)17-10-9-16(23-17)8-7-14-5-4-6-15(20)13-14/h4-6,9-13H,1-3H3. The molecule has 4 heteroatoms. The smallest absolute Gasteiger partial charge is 0.150 e.